The SMILES string of the molecule is CN(C)c1ccc(C=CC=C2C=Nc3ccc(OF)cc32)cc1. The highest BCUT2D eigenvalue weighted by Crippen LogP contribution is 2.34. The zero-order chi connectivity index (χ0) is 16.2. The molecule has 2 aromatic carbocycles. The zero-order valence-corrected chi connectivity index (χ0v) is 13.0. The lowest BCUT2D eigenvalue weighted by molar-refractivity contribution is -0.00620. The second-order valence-corrected chi connectivity index (χ2v) is 5.48. The van der Waals surface area contributed by atoms with Gasteiger partial charge in [-0.25, -0.2) is 0 Å². The Morgan fingerprint density at radius 1 is 1.09 bits per heavy atom. The topological polar surface area (TPSA) is 24.8 Å². The predicted octanol–water partition coefficient (Wildman–Crippen LogP) is 4.83. The van der Waals surface area contributed by atoms with E-state index in [0.29, 0.717) is 0 Å². The van der Waals surface area contributed by atoms with E-state index < -0.39 is 0 Å². The number of hydrogen-bond donors (Lipinski definition) is 0. The molecule has 1 aliphatic heterocycles. The minimum Gasteiger partial charge on any atom is -0.378 e. The molecule has 0 N–H and O–H groups in total. The maximum Gasteiger partial charge on any atom is 0.172 e. The molecule has 4 heteroatoms. The summed E-state index contributed by atoms with van der Waals surface area (Å²) >= 11 is 0. The summed E-state index contributed by atoms with van der Waals surface area (Å²) in [5.74, 6) is 0.184. The molecular formula is C19H17FN2O. The third kappa shape index (κ3) is 3.31. The maximum absolute atomic E-state index is 12.3. The molecule has 0 unspecified atom stereocenters. The molecule has 0 saturated carbocycles. The van der Waals surface area contributed by atoms with E-state index in [4.69, 9.17) is 0 Å². The highest BCUT2D eigenvalue weighted by molar-refractivity contribution is 6.17. The van der Waals surface area contributed by atoms with Crippen molar-refractivity contribution in [1.29, 1.82) is 0 Å². The Bertz CT molecular complexity index is 790. The van der Waals surface area contributed by atoms with Gasteiger partial charge in [0.2, 0.25) is 0 Å². The van der Waals surface area contributed by atoms with Gasteiger partial charge in [0, 0.05) is 41.7 Å². The molecular weight excluding hydrogens is 291 g/mol. The second kappa shape index (κ2) is 6.48. The standard InChI is InChI=1S/C19H17FN2O/c1-22(2)16-8-6-14(7-9-16)4-3-5-15-13-21-19-11-10-17(23-20)12-18(15)19/h3-13H,1-2H3. The van der Waals surface area contributed by atoms with Gasteiger partial charge in [0.15, 0.2) is 5.75 Å². The molecule has 0 amide bonds. The Morgan fingerprint density at radius 2 is 1.87 bits per heavy atom. The van der Waals surface area contributed by atoms with Crippen molar-refractivity contribution in [1.82, 2.24) is 0 Å². The lowest BCUT2D eigenvalue weighted by Gasteiger charge is -2.11. The van der Waals surface area contributed by atoms with Crippen LogP contribution >= 0.6 is 0 Å². The summed E-state index contributed by atoms with van der Waals surface area (Å²) in [6.45, 7) is 0. The molecule has 0 aromatic heterocycles. The molecule has 0 saturated heterocycles. The average Bonchev–Trinajstić information content (AvgIpc) is 2.97. The number of aliphatic imine (C=N–C) groups is 1. The highest BCUT2D eigenvalue weighted by Gasteiger charge is 2.12. The molecule has 2 aromatic rings. The Hall–Kier alpha value is -2.88. The zero-order valence-electron chi connectivity index (χ0n) is 13.0. The Labute approximate surface area is 134 Å². The summed E-state index contributed by atoms with van der Waals surface area (Å²) < 4.78 is 12.3. The first-order valence-electron chi connectivity index (χ1n) is 7.30. The Kier molecular flexibility index (Phi) is 4.24. The minimum atomic E-state index is 0.184. The molecule has 0 fully saturated rings. The molecule has 0 spiro atoms. The van der Waals surface area contributed by atoms with Gasteiger partial charge in [0.25, 0.3) is 0 Å². The van der Waals surface area contributed by atoms with Crippen LogP contribution < -0.4 is 9.84 Å². The predicted molar refractivity (Wildman–Crippen MR) is 94.1 cm³/mol. The van der Waals surface area contributed by atoms with Gasteiger partial charge in [0.1, 0.15) is 0 Å². The third-order valence-corrected chi connectivity index (χ3v) is 3.68. The van der Waals surface area contributed by atoms with Crippen molar-refractivity contribution in [3.8, 4) is 5.75 Å². The molecule has 1 aliphatic rings. The van der Waals surface area contributed by atoms with Gasteiger partial charge < -0.3 is 4.90 Å². The first-order valence-corrected chi connectivity index (χ1v) is 7.30. The van der Waals surface area contributed by atoms with E-state index in [1.165, 1.54) is 0 Å². The second-order valence-electron chi connectivity index (χ2n) is 5.48. The van der Waals surface area contributed by atoms with Gasteiger partial charge in [-0.2, -0.15) is 0 Å². The first-order chi connectivity index (χ1) is 11.2. The highest BCUT2D eigenvalue weighted by atomic mass is 19.3. The van der Waals surface area contributed by atoms with Crippen molar-refractivity contribution in [2.45, 2.75) is 0 Å². The van der Waals surface area contributed by atoms with Crippen LogP contribution in [0.4, 0.5) is 15.9 Å². The molecule has 116 valence electrons. The largest absolute Gasteiger partial charge is 0.378 e. The third-order valence-electron chi connectivity index (χ3n) is 3.68. The van der Waals surface area contributed by atoms with Gasteiger partial charge in [-0.1, -0.05) is 30.4 Å². The van der Waals surface area contributed by atoms with Gasteiger partial charge in [-0.3, -0.25) is 9.93 Å². The van der Waals surface area contributed by atoms with Crippen LogP contribution in [0.2, 0.25) is 0 Å². The molecule has 0 bridgehead atoms. The fraction of sp³-hybridized carbons (Fsp3) is 0.105. The molecule has 0 aliphatic carbocycles. The molecule has 0 atom stereocenters. The number of rotatable bonds is 4. The summed E-state index contributed by atoms with van der Waals surface area (Å²) in [6.07, 6.45) is 7.71. The van der Waals surface area contributed by atoms with Crippen molar-refractivity contribution in [2.75, 3.05) is 19.0 Å². The normalized spacial score (nSPS) is 14.5. The summed E-state index contributed by atoms with van der Waals surface area (Å²) in [5, 5.41) is 0. The van der Waals surface area contributed by atoms with E-state index in [1.54, 1.807) is 24.4 Å². The number of halogens is 1. The van der Waals surface area contributed by atoms with Crippen LogP contribution in [-0.2, 0) is 0 Å². The van der Waals surface area contributed by atoms with Gasteiger partial charge >= 0.3 is 0 Å². The number of allylic oxidation sites excluding steroid dienone is 3. The van der Waals surface area contributed by atoms with E-state index >= 15 is 0 Å². The quantitative estimate of drug-likeness (QED) is 0.808. The number of nitrogens with zero attached hydrogens (tertiary/aromatic N) is 2. The van der Waals surface area contributed by atoms with Crippen LogP contribution in [0.25, 0.3) is 11.6 Å². The van der Waals surface area contributed by atoms with Crippen LogP contribution in [-0.4, -0.2) is 20.3 Å². The summed E-state index contributed by atoms with van der Waals surface area (Å²) in [6, 6.07) is 13.2. The average molecular weight is 308 g/mol. The number of benzene rings is 2. The van der Waals surface area contributed by atoms with Crippen LogP contribution in [0.1, 0.15) is 11.1 Å². The van der Waals surface area contributed by atoms with E-state index in [9.17, 15) is 4.53 Å². The van der Waals surface area contributed by atoms with E-state index in [-0.39, 0.29) is 5.75 Å². The summed E-state index contributed by atoms with van der Waals surface area (Å²) in [5.41, 5.74) is 4.90. The molecule has 3 rings (SSSR count). The molecule has 0 radical (unpaired) electrons. The first kappa shape index (κ1) is 15.0. The van der Waals surface area contributed by atoms with Crippen LogP contribution in [0, 0.1) is 0 Å². The molecule has 3 nitrogen and oxygen atoms in total. The van der Waals surface area contributed by atoms with E-state index in [1.807, 2.05) is 32.3 Å². The smallest absolute Gasteiger partial charge is 0.172 e. The number of fused-ring (bicyclic) bond motifs is 1. The van der Waals surface area contributed by atoms with Crippen molar-refractivity contribution in [3.05, 3.63) is 65.7 Å². The Morgan fingerprint density at radius 3 is 2.57 bits per heavy atom. The number of hydrogen-bond acceptors (Lipinski definition) is 3. The molecule has 1 heterocycles. The Balaban J connectivity index is 1.78. The van der Waals surface area contributed by atoms with E-state index in [2.05, 4.69) is 39.1 Å². The lowest BCUT2D eigenvalue weighted by atomic mass is 10.1. The fourth-order valence-electron chi connectivity index (χ4n) is 2.39. The maximum atomic E-state index is 12.3. The molecule has 23 heavy (non-hydrogen) atoms. The summed E-state index contributed by atoms with van der Waals surface area (Å²) in [7, 11) is 4.03. The van der Waals surface area contributed by atoms with Gasteiger partial charge in [-0.05, 0) is 35.9 Å². The number of anilines is 1. The van der Waals surface area contributed by atoms with Crippen molar-refractivity contribution >= 4 is 29.2 Å². The van der Waals surface area contributed by atoms with Crippen molar-refractivity contribution < 1.29 is 9.47 Å². The monoisotopic (exact) mass is 308 g/mol. The van der Waals surface area contributed by atoms with Gasteiger partial charge in [-0.15, -0.1) is 0 Å². The fourth-order valence-corrected chi connectivity index (χ4v) is 2.39. The minimum absolute atomic E-state index is 0.184. The van der Waals surface area contributed by atoms with Crippen LogP contribution in [0.15, 0.2) is 59.6 Å². The van der Waals surface area contributed by atoms with Crippen molar-refractivity contribution in [3.63, 3.8) is 0 Å². The van der Waals surface area contributed by atoms with Gasteiger partial charge in [0.05, 0.1) is 5.69 Å². The summed E-state index contributed by atoms with van der Waals surface area (Å²) in [4.78, 5) is 10.2. The van der Waals surface area contributed by atoms with Crippen LogP contribution in [0.5, 0.6) is 5.75 Å². The lowest BCUT2D eigenvalue weighted by Crippen LogP contribution is -2.07. The van der Waals surface area contributed by atoms with Crippen LogP contribution in [0.3, 0.4) is 0 Å². The van der Waals surface area contributed by atoms with Crippen molar-refractivity contribution in [2.24, 2.45) is 4.99 Å². The van der Waals surface area contributed by atoms with E-state index in [0.717, 1.165) is 28.1 Å².